The van der Waals surface area contributed by atoms with Gasteiger partial charge in [0.1, 0.15) is 12.4 Å². The van der Waals surface area contributed by atoms with E-state index in [-0.39, 0.29) is 4.90 Å². The predicted molar refractivity (Wildman–Crippen MR) is 82.7 cm³/mol. The lowest BCUT2D eigenvalue weighted by molar-refractivity contribution is 0.304. The van der Waals surface area contributed by atoms with Crippen LogP contribution in [0.2, 0.25) is 0 Å². The van der Waals surface area contributed by atoms with Crippen molar-refractivity contribution in [2.75, 3.05) is 0 Å². The summed E-state index contributed by atoms with van der Waals surface area (Å²) in [5, 5.41) is 5.10. The first kappa shape index (κ1) is 15.5. The number of rotatable bonds is 5. The molecule has 0 unspecified atom stereocenters. The van der Waals surface area contributed by atoms with E-state index in [1.54, 1.807) is 13.0 Å². The summed E-state index contributed by atoms with van der Waals surface area (Å²) in [6, 6.07) is 12.8. The number of aryl methyl sites for hydroxylation is 2. The Morgan fingerprint density at radius 2 is 1.67 bits per heavy atom. The summed E-state index contributed by atoms with van der Waals surface area (Å²) in [5.41, 5.74) is 3.10. The van der Waals surface area contributed by atoms with E-state index in [0.717, 1.165) is 17.5 Å². The third-order valence-electron chi connectivity index (χ3n) is 3.30. The number of nitrogens with two attached hydrogens (primary N) is 1. The standard InChI is InChI=1S/C16H19NO3S/c1-3-13-4-6-14(7-5-13)11-20-16-9-8-15(10-12(16)2)21(17,18)19/h4-10H,3,11H2,1-2H3,(H2,17,18,19). The van der Waals surface area contributed by atoms with Crippen LogP contribution >= 0.6 is 0 Å². The van der Waals surface area contributed by atoms with Crippen LogP contribution < -0.4 is 9.88 Å². The number of hydrogen-bond acceptors (Lipinski definition) is 3. The minimum atomic E-state index is -3.67. The zero-order valence-corrected chi connectivity index (χ0v) is 13.0. The van der Waals surface area contributed by atoms with Crippen molar-refractivity contribution in [2.24, 2.45) is 5.14 Å². The molecule has 0 fully saturated rings. The number of hydrogen-bond donors (Lipinski definition) is 1. The molecule has 2 N–H and O–H groups in total. The number of sulfonamides is 1. The van der Waals surface area contributed by atoms with Crippen molar-refractivity contribution in [3.05, 3.63) is 59.2 Å². The highest BCUT2D eigenvalue weighted by Crippen LogP contribution is 2.22. The normalized spacial score (nSPS) is 11.4. The number of primary sulfonamides is 1. The molecule has 2 aromatic carbocycles. The summed E-state index contributed by atoms with van der Waals surface area (Å²) in [6.07, 6.45) is 1.01. The molecular formula is C16H19NO3S. The molecule has 0 aliphatic rings. The van der Waals surface area contributed by atoms with Crippen molar-refractivity contribution < 1.29 is 13.2 Å². The molecule has 0 spiro atoms. The molecule has 112 valence electrons. The lowest BCUT2D eigenvalue weighted by Crippen LogP contribution is -2.12. The van der Waals surface area contributed by atoms with Crippen LogP contribution in [0.4, 0.5) is 0 Å². The van der Waals surface area contributed by atoms with Gasteiger partial charge in [-0.3, -0.25) is 0 Å². The van der Waals surface area contributed by atoms with Crippen LogP contribution in [-0.2, 0) is 23.1 Å². The average molecular weight is 305 g/mol. The van der Waals surface area contributed by atoms with Gasteiger partial charge in [-0.25, -0.2) is 13.6 Å². The van der Waals surface area contributed by atoms with Gasteiger partial charge in [-0.1, -0.05) is 31.2 Å². The van der Waals surface area contributed by atoms with Gasteiger partial charge in [0.25, 0.3) is 0 Å². The Kier molecular flexibility index (Phi) is 4.65. The fraction of sp³-hybridized carbons (Fsp3) is 0.250. The van der Waals surface area contributed by atoms with E-state index < -0.39 is 10.0 Å². The Morgan fingerprint density at radius 1 is 1.05 bits per heavy atom. The van der Waals surface area contributed by atoms with E-state index in [2.05, 4.69) is 19.1 Å². The van der Waals surface area contributed by atoms with Gasteiger partial charge in [-0.05, 0) is 48.2 Å². The quantitative estimate of drug-likeness (QED) is 0.923. The van der Waals surface area contributed by atoms with Crippen LogP contribution in [-0.4, -0.2) is 8.42 Å². The molecule has 0 saturated carbocycles. The maximum absolute atomic E-state index is 11.3. The minimum Gasteiger partial charge on any atom is -0.489 e. The first-order valence-corrected chi connectivity index (χ1v) is 8.29. The van der Waals surface area contributed by atoms with E-state index in [1.807, 2.05) is 12.1 Å². The molecule has 0 saturated heterocycles. The Labute approximate surface area is 125 Å². The highest BCUT2D eigenvalue weighted by Gasteiger charge is 2.10. The summed E-state index contributed by atoms with van der Waals surface area (Å²) in [5.74, 6) is 0.655. The van der Waals surface area contributed by atoms with Crippen molar-refractivity contribution in [1.29, 1.82) is 0 Å². The Bertz CT molecular complexity index is 722. The second-order valence-corrected chi connectivity index (χ2v) is 6.49. The fourth-order valence-corrected chi connectivity index (χ4v) is 2.59. The molecule has 5 heteroatoms. The maximum atomic E-state index is 11.3. The van der Waals surface area contributed by atoms with Crippen LogP contribution in [0.25, 0.3) is 0 Å². The van der Waals surface area contributed by atoms with E-state index in [9.17, 15) is 8.42 Å². The van der Waals surface area contributed by atoms with Gasteiger partial charge in [0.05, 0.1) is 4.90 Å². The number of ether oxygens (including phenoxy) is 1. The molecule has 21 heavy (non-hydrogen) atoms. The molecule has 0 amide bonds. The molecular weight excluding hydrogens is 286 g/mol. The molecule has 4 nitrogen and oxygen atoms in total. The molecule has 0 aliphatic carbocycles. The summed E-state index contributed by atoms with van der Waals surface area (Å²) in [7, 11) is -3.67. The molecule has 0 aliphatic heterocycles. The van der Waals surface area contributed by atoms with E-state index in [1.165, 1.54) is 17.7 Å². The summed E-state index contributed by atoms with van der Waals surface area (Å²) < 4.78 is 28.3. The van der Waals surface area contributed by atoms with Crippen LogP contribution in [0.1, 0.15) is 23.6 Å². The average Bonchev–Trinajstić information content (AvgIpc) is 2.45. The third-order valence-corrected chi connectivity index (χ3v) is 4.21. The molecule has 0 bridgehead atoms. The van der Waals surface area contributed by atoms with E-state index in [4.69, 9.17) is 9.88 Å². The van der Waals surface area contributed by atoms with Gasteiger partial charge in [0.15, 0.2) is 0 Å². The molecule has 0 atom stereocenters. The largest absolute Gasteiger partial charge is 0.489 e. The molecule has 2 aromatic rings. The van der Waals surface area contributed by atoms with Crippen molar-refractivity contribution in [1.82, 2.24) is 0 Å². The van der Waals surface area contributed by atoms with Gasteiger partial charge >= 0.3 is 0 Å². The van der Waals surface area contributed by atoms with Crippen LogP contribution in [0.3, 0.4) is 0 Å². The van der Waals surface area contributed by atoms with E-state index >= 15 is 0 Å². The lowest BCUT2D eigenvalue weighted by Gasteiger charge is -2.10. The topological polar surface area (TPSA) is 69.4 Å². The third kappa shape index (κ3) is 4.06. The highest BCUT2D eigenvalue weighted by molar-refractivity contribution is 7.89. The molecule has 0 aromatic heterocycles. The second-order valence-electron chi connectivity index (χ2n) is 4.93. The van der Waals surface area contributed by atoms with Gasteiger partial charge in [0, 0.05) is 0 Å². The smallest absolute Gasteiger partial charge is 0.238 e. The van der Waals surface area contributed by atoms with Crippen LogP contribution in [0.5, 0.6) is 5.75 Å². The summed E-state index contributed by atoms with van der Waals surface area (Å²) in [4.78, 5) is 0.0969. The second kappa shape index (κ2) is 6.28. The van der Waals surface area contributed by atoms with Crippen LogP contribution in [0.15, 0.2) is 47.4 Å². The summed E-state index contributed by atoms with van der Waals surface area (Å²) in [6.45, 7) is 4.35. The van der Waals surface area contributed by atoms with Crippen molar-refractivity contribution in [3.63, 3.8) is 0 Å². The van der Waals surface area contributed by atoms with Gasteiger partial charge in [0.2, 0.25) is 10.0 Å². The van der Waals surface area contributed by atoms with Gasteiger partial charge in [-0.15, -0.1) is 0 Å². The first-order valence-electron chi connectivity index (χ1n) is 6.74. The first-order chi connectivity index (χ1) is 9.90. The monoisotopic (exact) mass is 305 g/mol. The van der Waals surface area contributed by atoms with Crippen molar-refractivity contribution in [2.45, 2.75) is 31.8 Å². The highest BCUT2D eigenvalue weighted by atomic mass is 32.2. The van der Waals surface area contributed by atoms with E-state index in [0.29, 0.717) is 12.4 Å². The Hall–Kier alpha value is -1.85. The molecule has 0 radical (unpaired) electrons. The fourth-order valence-electron chi connectivity index (χ4n) is 1.99. The minimum absolute atomic E-state index is 0.0969. The van der Waals surface area contributed by atoms with Gasteiger partial charge < -0.3 is 4.74 Å². The molecule has 0 heterocycles. The Morgan fingerprint density at radius 3 is 2.19 bits per heavy atom. The Balaban J connectivity index is 2.09. The zero-order chi connectivity index (χ0) is 15.5. The predicted octanol–water partition coefficient (Wildman–Crippen LogP) is 2.78. The molecule has 2 rings (SSSR count). The SMILES string of the molecule is CCc1ccc(COc2ccc(S(N)(=O)=O)cc2C)cc1. The van der Waals surface area contributed by atoms with Gasteiger partial charge in [-0.2, -0.15) is 0 Å². The lowest BCUT2D eigenvalue weighted by atomic mass is 10.1. The van der Waals surface area contributed by atoms with Crippen molar-refractivity contribution >= 4 is 10.0 Å². The van der Waals surface area contributed by atoms with Crippen molar-refractivity contribution in [3.8, 4) is 5.75 Å². The summed E-state index contributed by atoms with van der Waals surface area (Å²) >= 11 is 0. The maximum Gasteiger partial charge on any atom is 0.238 e. The zero-order valence-electron chi connectivity index (χ0n) is 12.2. The number of benzene rings is 2. The van der Waals surface area contributed by atoms with Crippen LogP contribution in [0, 0.1) is 6.92 Å².